The lowest BCUT2D eigenvalue weighted by Gasteiger charge is -2.17. The van der Waals surface area contributed by atoms with Gasteiger partial charge >= 0.3 is 17.1 Å². The van der Waals surface area contributed by atoms with Crippen LogP contribution in [0.15, 0.2) is 58.1 Å². The van der Waals surface area contributed by atoms with E-state index in [0.717, 1.165) is 5.56 Å². The Hall–Kier alpha value is -3.68. The standard InChI is InChI=1S/C20H17N3O5/c24-17-18(25)22-16-8-12(6-7-15(16)21-17)19(26)23-9-13(14(10-23)20(27)28)11-4-2-1-3-5-11/h1-8,13-14H,9-10H2,(H,21,24)(H,22,25)(H,27,28)/t13-,14+/m0/s1. The van der Waals surface area contributed by atoms with E-state index in [4.69, 9.17) is 0 Å². The summed E-state index contributed by atoms with van der Waals surface area (Å²) in [6.07, 6.45) is 0. The number of nitrogens with zero attached hydrogens (tertiary/aromatic N) is 1. The molecule has 8 nitrogen and oxygen atoms in total. The number of fused-ring (bicyclic) bond motifs is 1. The van der Waals surface area contributed by atoms with Crippen molar-refractivity contribution in [3.63, 3.8) is 0 Å². The lowest BCUT2D eigenvalue weighted by molar-refractivity contribution is -0.141. The van der Waals surface area contributed by atoms with Crippen LogP contribution < -0.4 is 11.1 Å². The number of aliphatic carboxylic acids is 1. The fraction of sp³-hybridized carbons (Fsp3) is 0.200. The maximum absolute atomic E-state index is 13.0. The van der Waals surface area contributed by atoms with Gasteiger partial charge < -0.3 is 20.0 Å². The molecule has 0 radical (unpaired) electrons. The molecule has 1 saturated heterocycles. The molecule has 1 amide bonds. The van der Waals surface area contributed by atoms with Gasteiger partial charge in [-0.15, -0.1) is 0 Å². The van der Waals surface area contributed by atoms with E-state index in [2.05, 4.69) is 9.97 Å². The zero-order chi connectivity index (χ0) is 19.8. The van der Waals surface area contributed by atoms with Gasteiger partial charge in [0.05, 0.1) is 17.0 Å². The minimum atomic E-state index is -0.940. The highest BCUT2D eigenvalue weighted by molar-refractivity contribution is 5.97. The van der Waals surface area contributed by atoms with E-state index in [9.17, 15) is 24.3 Å². The number of aromatic nitrogens is 2. The van der Waals surface area contributed by atoms with Crippen LogP contribution in [0.4, 0.5) is 0 Å². The second-order valence-electron chi connectivity index (χ2n) is 6.84. The molecule has 142 valence electrons. The summed E-state index contributed by atoms with van der Waals surface area (Å²) in [6.45, 7) is 0.397. The van der Waals surface area contributed by atoms with Gasteiger partial charge in [-0.2, -0.15) is 0 Å². The van der Waals surface area contributed by atoms with Gasteiger partial charge in [0.1, 0.15) is 0 Å². The smallest absolute Gasteiger partial charge is 0.314 e. The maximum atomic E-state index is 13.0. The van der Waals surface area contributed by atoms with Crippen molar-refractivity contribution in [1.29, 1.82) is 0 Å². The van der Waals surface area contributed by atoms with Crippen molar-refractivity contribution in [2.24, 2.45) is 5.92 Å². The molecule has 1 fully saturated rings. The van der Waals surface area contributed by atoms with E-state index >= 15 is 0 Å². The number of amides is 1. The summed E-state index contributed by atoms with van der Waals surface area (Å²) in [5.74, 6) is -2.24. The van der Waals surface area contributed by atoms with Gasteiger partial charge in [-0.05, 0) is 23.8 Å². The van der Waals surface area contributed by atoms with Crippen molar-refractivity contribution < 1.29 is 14.7 Å². The van der Waals surface area contributed by atoms with Gasteiger partial charge in [0, 0.05) is 24.6 Å². The number of hydrogen-bond acceptors (Lipinski definition) is 4. The van der Waals surface area contributed by atoms with Crippen LogP contribution in [0.2, 0.25) is 0 Å². The molecule has 28 heavy (non-hydrogen) atoms. The van der Waals surface area contributed by atoms with Crippen LogP contribution in [0.3, 0.4) is 0 Å². The Kier molecular flexibility index (Phi) is 4.31. The second-order valence-corrected chi connectivity index (χ2v) is 6.84. The summed E-state index contributed by atoms with van der Waals surface area (Å²) in [6, 6.07) is 13.9. The molecule has 3 aromatic rings. The minimum absolute atomic E-state index is 0.105. The summed E-state index contributed by atoms with van der Waals surface area (Å²) in [7, 11) is 0. The number of carbonyl (C=O) groups excluding carboxylic acids is 1. The van der Waals surface area contributed by atoms with E-state index in [1.165, 1.54) is 11.0 Å². The predicted octanol–water partition coefficient (Wildman–Crippen LogP) is 1.16. The lowest BCUT2D eigenvalue weighted by atomic mass is 9.89. The molecule has 0 saturated carbocycles. The SMILES string of the molecule is O=C(O)[C@@H]1CN(C(=O)c2ccc3[nH]c(=O)c(=O)[nH]c3c2)C[C@H]1c1ccccc1. The number of carboxylic acids is 1. The first kappa shape index (κ1) is 17.7. The van der Waals surface area contributed by atoms with Crippen LogP contribution in [0.5, 0.6) is 0 Å². The van der Waals surface area contributed by atoms with Gasteiger partial charge in [0.25, 0.3) is 5.91 Å². The molecule has 1 aromatic heterocycles. The molecule has 2 heterocycles. The molecule has 8 heteroatoms. The van der Waals surface area contributed by atoms with Crippen LogP contribution in [0.25, 0.3) is 11.0 Å². The molecule has 1 aliphatic rings. The zero-order valence-electron chi connectivity index (χ0n) is 14.7. The second kappa shape index (κ2) is 6.80. The highest BCUT2D eigenvalue weighted by Crippen LogP contribution is 2.33. The number of aromatic amines is 2. The Bertz CT molecular complexity index is 1180. The van der Waals surface area contributed by atoms with Gasteiger partial charge in [-0.3, -0.25) is 19.2 Å². The molecule has 1 aliphatic heterocycles. The first-order valence-corrected chi connectivity index (χ1v) is 8.77. The lowest BCUT2D eigenvalue weighted by Crippen LogP contribution is -2.31. The largest absolute Gasteiger partial charge is 0.481 e. The van der Waals surface area contributed by atoms with Crippen molar-refractivity contribution in [2.45, 2.75) is 5.92 Å². The maximum Gasteiger partial charge on any atom is 0.314 e. The van der Waals surface area contributed by atoms with Crippen molar-refractivity contribution in [3.05, 3.63) is 80.4 Å². The number of carboxylic acid groups (broad SMARTS) is 1. The summed E-state index contributed by atoms with van der Waals surface area (Å²) >= 11 is 0. The highest BCUT2D eigenvalue weighted by atomic mass is 16.4. The Balaban J connectivity index is 1.65. The number of likely N-dealkylation sites (tertiary alicyclic amines) is 1. The Morgan fingerprint density at radius 1 is 0.929 bits per heavy atom. The van der Waals surface area contributed by atoms with Crippen molar-refractivity contribution in [3.8, 4) is 0 Å². The van der Waals surface area contributed by atoms with E-state index in [-0.39, 0.29) is 18.4 Å². The highest BCUT2D eigenvalue weighted by Gasteiger charge is 2.40. The Morgan fingerprint density at radius 3 is 2.29 bits per heavy atom. The molecular weight excluding hydrogens is 362 g/mol. The van der Waals surface area contributed by atoms with Crippen LogP contribution in [-0.2, 0) is 4.79 Å². The summed E-state index contributed by atoms with van der Waals surface area (Å²) in [5, 5.41) is 9.60. The minimum Gasteiger partial charge on any atom is -0.481 e. The normalized spacial score (nSPS) is 19.1. The fourth-order valence-electron chi connectivity index (χ4n) is 3.69. The van der Waals surface area contributed by atoms with Gasteiger partial charge in [-0.1, -0.05) is 30.3 Å². The number of hydrogen-bond donors (Lipinski definition) is 3. The van der Waals surface area contributed by atoms with Gasteiger partial charge in [0.2, 0.25) is 0 Å². The van der Waals surface area contributed by atoms with Crippen LogP contribution in [0, 0.1) is 5.92 Å². The first-order valence-electron chi connectivity index (χ1n) is 8.77. The van der Waals surface area contributed by atoms with Gasteiger partial charge in [0.15, 0.2) is 0 Å². The van der Waals surface area contributed by atoms with E-state index in [1.807, 2.05) is 30.3 Å². The fourth-order valence-corrected chi connectivity index (χ4v) is 3.69. The quantitative estimate of drug-likeness (QED) is 0.589. The number of carbonyl (C=O) groups is 2. The predicted molar refractivity (Wildman–Crippen MR) is 101 cm³/mol. The van der Waals surface area contributed by atoms with Crippen molar-refractivity contribution in [2.75, 3.05) is 13.1 Å². The third kappa shape index (κ3) is 3.09. The third-order valence-electron chi connectivity index (χ3n) is 5.12. The van der Waals surface area contributed by atoms with E-state index in [1.54, 1.807) is 12.1 Å². The first-order chi connectivity index (χ1) is 13.4. The Morgan fingerprint density at radius 2 is 1.61 bits per heavy atom. The molecular formula is C20H17N3O5. The van der Waals surface area contributed by atoms with Crippen molar-refractivity contribution in [1.82, 2.24) is 14.9 Å². The Labute approximate surface area is 158 Å². The van der Waals surface area contributed by atoms with Crippen LogP contribution in [-0.4, -0.2) is 44.9 Å². The molecule has 2 atom stereocenters. The molecule has 2 aromatic carbocycles. The topological polar surface area (TPSA) is 123 Å². The molecule has 0 unspecified atom stereocenters. The number of benzene rings is 2. The van der Waals surface area contributed by atoms with Crippen LogP contribution in [0.1, 0.15) is 21.8 Å². The average Bonchev–Trinajstić information content (AvgIpc) is 3.14. The molecule has 4 rings (SSSR count). The van der Waals surface area contributed by atoms with Crippen LogP contribution >= 0.6 is 0 Å². The van der Waals surface area contributed by atoms with Crippen molar-refractivity contribution >= 4 is 22.9 Å². The monoisotopic (exact) mass is 379 g/mol. The zero-order valence-corrected chi connectivity index (χ0v) is 14.7. The molecule has 0 spiro atoms. The molecule has 0 aliphatic carbocycles. The van der Waals surface area contributed by atoms with Gasteiger partial charge in [-0.25, -0.2) is 0 Å². The summed E-state index contributed by atoms with van der Waals surface area (Å²) in [4.78, 5) is 54.0. The van der Waals surface area contributed by atoms with E-state index < -0.39 is 23.0 Å². The number of nitrogens with one attached hydrogen (secondary N) is 2. The summed E-state index contributed by atoms with van der Waals surface area (Å²) in [5.41, 5.74) is 0.380. The summed E-state index contributed by atoms with van der Waals surface area (Å²) < 4.78 is 0. The number of rotatable bonds is 3. The third-order valence-corrected chi connectivity index (χ3v) is 5.12. The molecule has 3 N–H and O–H groups in total. The average molecular weight is 379 g/mol. The molecule has 0 bridgehead atoms. The van der Waals surface area contributed by atoms with E-state index in [0.29, 0.717) is 23.1 Å². The number of H-pyrrole nitrogens is 2.